The maximum absolute atomic E-state index is 11.2. The van der Waals surface area contributed by atoms with E-state index in [9.17, 15) is 8.42 Å². The van der Waals surface area contributed by atoms with Crippen LogP contribution < -0.4 is 14.5 Å². The summed E-state index contributed by atoms with van der Waals surface area (Å²) in [6.07, 6.45) is 1.15. The van der Waals surface area contributed by atoms with Gasteiger partial charge in [-0.25, -0.2) is 8.42 Å². The molecule has 7 heteroatoms. The standard InChI is InChI=1S/C17H20ClN3O2S/c1-24(22,23)19-15-5-7-16(8-6-15)20-9-11-21(12-10-20)17-4-2-3-14(18)13-17/h2-8,13,19H,9-12H2,1H3. The average molecular weight is 366 g/mol. The Morgan fingerprint density at radius 1 is 0.917 bits per heavy atom. The molecule has 24 heavy (non-hydrogen) atoms. The van der Waals surface area contributed by atoms with Gasteiger partial charge in [-0.15, -0.1) is 0 Å². The smallest absolute Gasteiger partial charge is 0.229 e. The molecule has 1 aliphatic rings. The molecule has 0 aromatic heterocycles. The van der Waals surface area contributed by atoms with Crippen LogP contribution in [0.15, 0.2) is 48.5 Å². The lowest BCUT2D eigenvalue weighted by atomic mass is 10.2. The lowest BCUT2D eigenvalue weighted by molar-refractivity contribution is 0.607. The van der Waals surface area contributed by atoms with Gasteiger partial charge in [0.1, 0.15) is 0 Å². The molecule has 2 aromatic rings. The molecular formula is C17H20ClN3O2S. The maximum Gasteiger partial charge on any atom is 0.229 e. The van der Waals surface area contributed by atoms with E-state index in [0.29, 0.717) is 5.69 Å². The van der Waals surface area contributed by atoms with Crippen LogP contribution in [0.1, 0.15) is 0 Å². The molecule has 1 saturated heterocycles. The second-order valence-electron chi connectivity index (χ2n) is 5.88. The zero-order valence-corrected chi connectivity index (χ0v) is 15.0. The van der Waals surface area contributed by atoms with Gasteiger partial charge in [-0.2, -0.15) is 0 Å². The van der Waals surface area contributed by atoms with Crippen molar-refractivity contribution in [3.05, 3.63) is 53.6 Å². The molecular weight excluding hydrogens is 346 g/mol. The van der Waals surface area contributed by atoms with E-state index in [1.54, 1.807) is 12.1 Å². The Morgan fingerprint density at radius 3 is 2.04 bits per heavy atom. The van der Waals surface area contributed by atoms with Gasteiger partial charge in [0.15, 0.2) is 0 Å². The van der Waals surface area contributed by atoms with E-state index in [0.717, 1.165) is 48.8 Å². The summed E-state index contributed by atoms with van der Waals surface area (Å²) in [5.41, 5.74) is 2.83. The molecule has 5 nitrogen and oxygen atoms in total. The van der Waals surface area contributed by atoms with Gasteiger partial charge in [0.2, 0.25) is 10.0 Å². The zero-order valence-electron chi connectivity index (χ0n) is 13.4. The van der Waals surface area contributed by atoms with Crippen molar-refractivity contribution >= 4 is 38.7 Å². The lowest BCUT2D eigenvalue weighted by Gasteiger charge is -2.37. The second kappa shape index (κ2) is 6.91. The van der Waals surface area contributed by atoms with Crippen LogP contribution in [0, 0.1) is 0 Å². The third kappa shape index (κ3) is 4.33. The van der Waals surface area contributed by atoms with Gasteiger partial charge in [0, 0.05) is 48.3 Å². The van der Waals surface area contributed by atoms with Crippen LogP contribution in [0.4, 0.5) is 17.1 Å². The van der Waals surface area contributed by atoms with Gasteiger partial charge in [0.25, 0.3) is 0 Å². The predicted octanol–water partition coefficient (Wildman–Crippen LogP) is 3.04. The van der Waals surface area contributed by atoms with Crippen molar-refractivity contribution in [2.45, 2.75) is 0 Å². The normalized spacial score (nSPS) is 15.4. The molecule has 0 radical (unpaired) electrons. The molecule has 1 heterocycles. The first-order chi connectivity index (χ1) is 11.4. The molecule has 0 atom stereocenters. The Labute approximate surface area is 147 Å². The Bertz CT molecular complexity index is 801. The van der Waals surface area contributed by atoms with Crippen molar-refractivity contribution in [2.75, 3.05) is 47.0 Å². The summed E-state index contributed by atoms with van der Waals surface area (Å²) in [7, 11) is -3.24. The van der Waals surface area contributed by atoms with E-state index in [2.05, 4.69) is 20.6 Å². The van der Waals surface area contributed by atoms with E-state index >= 15 is 0 Å². The minimum Gasteiger partial charge on any atom is -0.368 e. The minimum atomic E-state index is -3.24. The number of hydrogen-bond donors (Lipinski definition) is 1. The van der Waals surface area contributed by atoms with Crippen molar-refractivity contribution in [1.82, 2.24) is 0 Å². The first-order valence-electron chi connectivity index (χ1n) is 7.74. The third-order valence-corrected chi connectivity index (χ3v) is 4.83. The highest BCUT2D eigenvalue weighted by molar-refractivity contribution is 7.92. The number of benzene rings is 2. The molecule has 0 amide bonds. The Morgan fingerprint density at radius 2 is 1.50 bits per heavy atom. The summed E-state index contributed by atoms with van der Waals surface area (Å²) in [5.74, 6) is 0. The number of nitrogens with zero attached hydrogens (tertiary/aromatic N) is 2. The van der Waals surface area contributed by atoms with Crippen LogP contribution in [-0.2, 0) is 10.0 Å². The van der Waals surface area contributed by atoms with Crippen molar-refractivity contribution in [2.24, 2.45) is 0 Å². The topological polar surface area (TPSA) is 52.7 Å². The number of rotatable bonds is 4. The fourth-order valence-corrected chi connectivity index (χ4v) is 3.60. The first-order valence-corrected chi connectivity index (χ1v) is 10.0. The number of anilines is 3. The van der Waals surface area contributed by atoms with Gasteiger partial charge in [-0.05, 0) is 42.5 Å². The van der Waals surface area contributed by atoms with Gasteiger partial charge >= 0.3 is 0 Å². The first kappa shape index (κ1) is 16.9. The third-order valence-electron chi connectivity index (χ3n) is 3.99. The Hall–Kier alpha value is -1.92. The number of hydrogen-bond acceptors (Lipinski definition) is 4. The number of halogens is 1. The second-order valence-corrected chi connectivity index (χ2v) is 8.06. The van der Waals surface area contributed by atoms with Crippen molar-refractivity contribution in [3.63, 3.8) is 0 Å². The monoisotopic (exact) mass is 365 g/mol. The molecule has 0 unspecified atom stereocenters. The largest absolute Gasteiger partial charge is 0.368 e. The molecule has 1 N–H and O–H groups in total. The lowest BCUT2D eigenvalue weighted by Crippen LogP contribution is -2.46. The van der Waals surface area contributed by atoms with Crippen molar-refractivity contribution in [1.29, 1.82) is 0 Å². The Kier molecular flexibility index (Phi) is 4.87. The highest BCUT2D eigenvalue weighted by Crippen LogP contribution is 2.24. The van der Waals surface area contributed by atoms with Crippen LogP contribution in [0.2, 0.25) is 5.02 Å². The van der Waals surface area contributed by atoms with Crippen LogP contribution >= 0.6 is 11.6 Å². The van der Waals surface area contributed by atoms with Crippen LogP contribution in [0.25, 0.3) is 0 Å². The highest BCUT2D eigenvalue weighted by atomic mass is 35.5. The van der Waals surface area contributed by atoms with Crippen LogP contribution in [-0.4, -0.2) is 40.9 Å². The molecule has 0 spiro atoms. The van der Waals surface area contributed by atoms with E-state index in [4.69, 9.17) is 11.6 Å². The molecule has 2 aromatic carbocycles. The van der Waals surface area contributed by atoms with Gasteiger partial charge in [-0.3, -0.25) is 4.72 Å². The molecule has 0 bridgehead atoms. The number of sulfonamides is 1. The summed E-state index contributed by atoms with van der Waals surface area (Å²) in [4.78, 5) is 4.62. The van der Waals surface area contributed by atoms with Gasteiger partial charge < -0.3 is 9.80 Å². The molecule has 3 rings (SSSR count). The fourth-order valence-electron chi connectivity index (χ4n) is 2.85. The maximum atomic E-state index is 11.2. The molecule has 0 aliphatic carbocycles. The van der Waals surface area contributed by atoms with Crippen molar-refractivity contribution in [3.8, 4) is 0 Å². The zero-order chi connectivity index (χ0) is 17.2. The van der Waals surface area contributed by atoms with E-state index < -0.39 is 10.0 Å². The van der Waals surface area contributed by atoms with Gasteiger partial charge in [-0.1, -0.05) is 17.7 Å². The number of nitrogens with one attached hydrogen (secondary N) is 1. The molecule has 0 saturated carbocycles. The minimum absolute atomic E-state index is 0.582. The van der Waals surface area contributed by atoms with E-state index in [1.807, 2.05) is 30.3 Å². The Balaban J connectivity index is 1.62. The fraction of sp³-hybridized carbons (Fsp3) is 0.294. The van der Waals surface area contributed by atoms with Gasteiger partial charge in [0.05, 0.1) is 6.26 Å². The highest BCUT2D eigenvalue weighted by Gasteiger charge is 2.17. The molecule has 1 fully saturated rings. The predicted molar refractivity (Wildman–Crippen MR) is 101 cm³/mol. The van der Waals surface area contributed by atoms with E-state index in [-0.39, 0.29) is 0 Å². The quantitative estimate of drug-likeness (QED) is 0.904. The SMILES string of the molecule is CS(=O)(=O)Nc1ccc(N2CCN(c3cccc(Cl)c3)CC2)cc1. The van der Waals surface area contributed by atoms with Crippen LogP contribution in [0.3, 0.4) is 0 Å². The summed E-state index contributed by atoms with van der Waals surface area (Å²) >= 11 is 6.06. The summed E-state index contributed by atoms with van der Waals surface area (Å²) < 4.78 is 25.0. The molecule has 128 valence electrons. The van der Waals surface area contributed by atoms with Crippen molar-refractivity contribution < 1.29 is 8.42 Å². The summed E-state index contributed by atoms with van der Waals surface area (Å²) in [6.45, 7) is 3.66. The summed E-state index contributed by atoms with van der Waals surface area (Å²) in [5, 5.41) is 0.754. The number of piperazine rings is 1. The van der Waals surface area contributed by atoms with Crippen LogP contribution in [0.5, 0.6) is 0 Å². The average Bonchev–Trinajstić information content (AvgIpc) is 2.54. The van der Waals surface area contributed by atoms with E-state index in [1.165, 1.54) is 0 Å². The summed E-state index contributed by atoms with van der Waals surface area (Å²) in [6, 6.07) is 15.4. The molecule has 1 aliphatic heterocycles.